The van der Waals surface area contributed by atoms with Crippen LogP contribution < -0.4 is 9.62 Å². The molecule has 0 amide bonds. The Labute approximate surface area is 108 Å². The standard InChI is InChI=1S/C12H19N3O2S/c1-10-5-3-7-12(13-10)15-8-4-6-11(9-15)14-18(2,16)17/h3,5,7,11,14H,4,6,8-9H2,1-2H3. The van der Waals surface area contributed by atoms with Crippen LogP contribution in [0.25, 0.3) is 0 Å². The number of rotatable bonds is 3. The minimum Gasteiger partial charge on any atom is -0.355 e. The number of nitrogens with one attached hydrogen (secondary N) is 1. The van der Waals surface area contributed by atoms with Gasteiger partial charge in [0.15, 0.2) is 0 Å². The summed E-state index contributed by atoms with van der Waals surface area (Å²) in [6, 6.07) is 5.89. The smallest absolute Gasteiger partial charge is 0.209 e. The summed E-state index contributed by atoms with van der Waals surface area (Å²) >= 11 is 0. The molecule has 0 spiro atoms. The highest BCUT2D eigenvalue weighted by molar-refractivity contribution is 7.88. The van der Waals surface area contributed by atoms with E-state index in [-0.39, 0.29) is 6.04 Å². The lowest BCUT2D eigenvalue weighted by molar-refractivity contribution is 0.465. The molecule has 1 aliphatic rings. The first-order chi connectivity index (χ1) is 8.44. The maximum Gasteiger partial charge on any atom is 0.209 e. The Morgan fingerprint density at radius 2 is 2.22 bits per heavy atom. The van der Waals surface area contributed by atoms with Crippen molar-refractivity contribution in [3.8, 4) is 0 Å². The number of hydrogen-bond acceptors (Lipinski definition) is 4. The predicted molar refractivity (Wildman–Crippen MR) is 72.2 cm³/mol. The molecular weight excluding hydrogens is 250 g/mol. The average Bonchev–Trinajstić information content (AvgIpc) is 2.27. The fraction of sp³-hybridized carbons (Fsp3) is 0.583. The first-order valence-corrected chi connectivity index (χ1v) is 7.99. The fourth-order valence-corrected chi connectivity index (χ4v) is 3.09. The second-order valence-electron chi connectivity index (χ2n) is 4.81. The predicted octanol–water partition coefficient (Wildman–Crippen LogP) is 0.908. The lowest BCUT2D eigenvalue weighted by Gasteiger charge is -2.33. The van der Waals surface area contributed by atoms with Crippen molar-refractivity contribution in [2.75, 3.05) is 24.2 Å². The third kappa shape index (κ3) is 3.68. The van der Waals surface area contributed by atoms with E-state index in [1.807, 2.05) is 25.1 Å². The van der Waals surface area contributed by atoms with Gasteiger partial charge in [0.1, 0.15) is 5.82 Å². The molecule has 0 bridgehead atoms. The quantitative estimate of drug-likeness (QED) is 0.886. The number of piperidine rings is 1. The molecule has 0 radical (unpaired) electrons. The van der Waals surface area contributed by atoms with Gasteiger partial charge in [-0.3, -0.25) is 0 Å². The molecule has 5 nitrogen and oxygen atoms in total. The van der Waals surface area contributed by atoms with Crippen molar-refractivity contribution in [3.63, 3.8) is 0 Å². The Kier molecular flexibility index (Phi) is 3.87. The van der Waals surface area contributed by atoms with Gasteiger partial charge in [-0.15, -0.1) is 0 Å². The zero-order valence-electron chi connectivity index (χ0n) is 10.8. The molecule has 1 N–H and O–H groups in total. The fourth-order valence-electron chi connectivity index (χ4n) is 2.29. The topological polar surface area (TPSA) is 62.3 Å². The van der Waals surface area contributed by atoms with Gasteiger partial charge in [0, 0.05) is 24.8 Å². The lowest BCUT2D eigenvalue weighted by Crippen LogP contribution is -2.47. The first kappa shape index (κ1) is 13.3. The largest absolute Gasteiger partial charge is 0.355 e. The number of anilines is 1. The number of nitrogens with zero attached hydrogens (tertiary/aromatic N) is 2. The van der Waals surface area contributed by atoms with E-state index in [4.69, 9.17) is 0 Å². The van der Waals surface area contributed by atoms with E-state index in [1.165, 1.54) is 6.26 Å². The molecule has 1 saturated heterocycles. The molecule has 0 aliphatic carbocycles. The molecule has 1 aliphatic heterocycles. The van der Waals surface area contributed by atoms with Crippen molar-refractivity contribution in [3.05, 3.63) is 23.9 Å². The van der Waals surface area contributed by atoms with Crippen LogP contribution in [0, 0.1) is 6.92 Å². The number of sulfonamides is 1. The molecular formula is C12H19N3O2S. The molecule has 2 heterocycles. The van der Waals surface area contributed by atoms with Crippen LogP contribution in [-0.2, 0) is 10.0 Å². The van der Waals surface area contributed by atoms with Crippen molar-refractivity contribution in [2.45, 2.75) is 25.8 Å². The molecule has 0 saturated carbocycles. The van der Waals surface area contributed by atoms with Gasteiger partial charge in [0.05, 0.1) is 6.26 Å². The molecule has 2 rings (SSSR count). The van der Waals surface area contributed by atoms with Gasteiger partial charge in [-0.1, -0.05) is 6.07 Å². The molecule has 6 heteroatoms. The van der Waals surface area contributed by atoms with Crippen LogP contribution in [0.3, 0.4) is 0 Å². The van der Waals surface area contributed by atoms with Gasteiger partial charge in [-0.25, -0.2) is 18.1 Å². The minimum absolute atomic E-state index is 0.0175. The van der Waals surface area contributed by atoms with Crippen molar-refractivity contribution < 1.29 is 8.42 Å². The molecule has 1 aromatic rings. The van der Waals surface area contributed by atoms with E-state index in [2.05, 4.69) is 14.6 Å². The van der Waals surface area contributed by atoms with Crippen molar-refractivity contribution in [2.24, 2.45) is 0 Å². The Morgan fingerprint density at radius 1 is 1.44 bits per heavy atom. The maximum atomic E-state index is 11.3. The van der Waals surface area contributed by atoms with E-state index in [1.54, 1.807) is 0 Å². The maximum absolute atomic E-state index is 11.3. The van der Waals surface area contributed by atoms with Crippen LogP contribution >= 0.6 is 0 Å². The highest BCUT2D eigenvalue weighted by Gasteiger charge is 2.23. The van der Waals surface area contributed by atoms with E-state index in [0.29, 0.717) is 6.54 Å². The van der Waals surface area contributed by atoms with Crippen LogP contribution in [0.2, 0.25) is 0 Å². The summed E-state index contributed by atoms with van der Waals surface area (Å²) in [6.07, 6.45) is 3.06. The number of aromatic nitrogens is 1. The Hall–Kier alpha value is -1.14. The molecule has 18 heavy (non-hydrogen) atoms. The van der Waals surface area contributed by atoms with Crippen LogP contribution in [0.15, 0.2) is 18.2 Å². The van der Waals surface area contributed by atoms with Gasteiger partial charge < -0.3 is 4.90 Å². The zero-order valence-corrected chi connectivity index (χ0v) is 11.6. The first-order valence-electron chi connectivity index (χ1n) is 6.10. The van der Waals surface area contributed by atoms with Crippen LogP contribution in [-0.4, -0.2) is 38.8 Å². The Bertz CT molecular complexity index is 516. The van der Waals surface area contributed by atoms with E-state index in [9.17, 15) is 8.42 Å². The molecule has 1 unspecified atom stereocenters. The van der Waals surface area contributed by atoms with Gasteiger partial charge in [0.25, 0.3) is 0 Å². The van der Waals surface area contributed by atoms with Gasteiger partial charge in [-0.2, -0.15) is 0 Å². The summed E-state index contributed by atoms with van der Waals surface area (Å²) in [5.41, 5.74) is 0.977. The molecule has 1 aromatic heterocycles. The van der Waals surface area contributed by atoms with Crippen LogP contribution in [0.1, 0.15) is 18.5 Å². The van der Waals surface area contributed by atoms with Crippen molar-refractivity contribution in [1.29, 1.82) is 0 Å². The lowest BCUT2D eigenvalue weighted by atomic mass is 10.1. The number of aryl methyl sites for hydroxylation is 1. The molecule has 1 fully saturated rings. The van der Waals surface area contributed by atoms with E-state index >= 15 is 0 Å². The minimum atomic E-state index is -3.13. The summed E-state index contributed by atoms with van der Waals surface area (Å²) in [4.78, 5) is 6.61. The second kappa shape index (κ2) is 5.24. The van der Waals surface area contributed by atoms with Crippen LogP contribution in [0.4, 0.5) is 5.82 Å². The summed E-state index contributed by atoms with van der Waals surface area (Å²) in [6.45, 7) is 3.57. The highest BCUT2D eigenvalue weighted by atomic mass is 32.2. The highest BCUT2D eigenvalue weighted by Crippen LogP contribution is 2.18. The van der Waals surface area contributed by atoms with Crippen LogP contribution in [0.5, 0.6) is 0 Å². The summed E-state index contributed by atoms with van der Waals surface area (Å²) in [7, 11) is -3.13. The molecule has 100 valence electrons. The SMILES string of the molecule is Cc1cccc(N2CCCC(NS(C)(=O)=O)C2)n1. The third-order valence-corrected chi connectivity index (χ3v) is 3.76. The van der Waals surface area contributed by atoms with Gasteiger partial charge >= 0.3 is 0 Å². The normalized spacial score (nSPS) is 21.0. The van der Waals surface area contributed by atoms with Crippen molar-refractivity contribution in [1.82, 2.24) is 9.71 Å². The zero-order chi connectivity index (χ0) is 13.2. The summed E-state index contributed by atoms with van der Waals surface area (Å²) < 4.78 is 25.2. The Balaban J connectivity index is 2.07. The summed E-state index contributed by atoms with van der Waals surface area (Å²) in [5.74, 6) is 0.926. The number of pyridine rings is 1. The average molecular weight is 269 g/mol. The third-order valence-electron chi connectivity index (χ3n) is 3.00. The monoisotopic (exact) mass is 269 g/mol. The molecule has 0 aromatic carbocycles. The summed E-state index contributed by atoms with van der Waals surface area (Å²) in [5, 5.41) is 0. The van der Waals surface area contributed by atoms with Gasteiger partial charge in [-0.05, 0) is 31.9 Å². The van der Waals surface area contributed by atoms with Crippen molar-refractivity contribution >= 4 is 15.8 Å². The van der Waals surface area contributed by atoms with Gasteiger partial charge in [0.2, 0.25) is 10.0 Å². The molecule has 1 atom stereocenters. The Morgan fingerprint density at radius 3 is 2.89 bits per heavy atom. The number of hydrogen-bond donors (Lipinski definition) is 1. The van der Waals surface area contributed by atoms with E-state index in [0.717, 1.165) is 30.9 Å². The second-order valence-corrected chi connectivity index (χ2v) is 6.59. The van der Waals surface area contributed by atoms with E-state index < -0.39 is 10.0 Å².